The molecule has 0 aliphatic heterocycles. The van der Waals surface area contributed by atoms with Gasteiger partial charge in [0.1, 0.15) is 6.75 Å². The van der Waals surface area contributed by atoms with Crippen LogP contribution in [-0.4, -0.2) is 20.0 Å². The highest BCUT2D eigenvalue weighted by Gasteiger charge is 1.83. The van der Waals surface area contributed by atoms with Gasteiger partial charge in [0.05, 0.1) is 2.74 Å². The molecule has 0 N–H and O–H groups in total. The lowest BCUT2D eigenvalue weighted by molar-refractivity contribution is -0.0531. The summed E-state index contributed by atoms with van der Waals surface area (Å²) in [4.78, 5) is 0. The standard InChI is InChI=1S/C7H16O2/c1-3-5-8-7-9-6-4-2/h3-7H2,1-2H3/i7D2. The molecule has 0 atom stereocenters. The van der Waals surface area contributed by atoms with Crippen molar-refractivity contribution >= 4 is 0 Å². The van der Waals surface area contributed by atoms with Crippen LogP contribution >= 0.6 is 0 Å². The van der Waals surface area contributed by atoms with Crippen LogP contribution in [0.15, 0.2) is 0 Å². The zero-order valence-electron chi connectivity index (χ0n) is 8.14. The van der Waals surface area contributed by atoms with Crippen molar-refractivity contribution in [3.05, 3.63) is 0 Å². The van der Waals surface area contributed by atoms with E-state index in [4.69, 9.17) is 12.2 Å². The van der Waals surface area contributed by atoms with E-state index in [0.29, 0.717) is 13.2 Å². The maximum atomic E-state index is 7.16. The van der Waals surface area contributed by atoms with Crippen LogP contribution in [0.1, 0.15) is 29.4 Å². The predicted octanol–water partition coefficient (Wildman–Crippen LogP) is 1.80. The molecule has 0 fully saturated rings. The van der Waals surface area contributed by atoms with Gasteiger partial charge in [-0.2, -0.15) is 0 Å². The van der Waals surface area contributed by atoms with Gasteiger partial charge in [0.15, 0.2) is 0 Å². The van der Waals surface area contributed by atoms with Gasteiger partial charge in [-0.15, -0.1) is 0 Å². The fourth-order valence-electron chi connectivity index (χ4n) is 0.329. The number of rotatable bonds is 6. The van der Waals surface area contributed by atoms with Gasteiger partial charge in [0.25, 0.3) is 0 Å². The molecule has 0 aromatic heterocycles. The number of ether oxygens (including phenoxy) is 2. The summed E-state index contributed by atoms with van der Waals surface area (Å²) in [6.45, 7) is 2.76. The SMILES string of the molecule is [2H]C([2H])(OCCC)OCCC. The molecule has 0 heterocycles. The van der Waals surface area contributed by atoms with Gasteiger partial charge in [-0.05, 0) is 12.8 Å². The van der Waals surface area contributed by atoms with Gasteiger partial charge in [0, 0.05) is 13.2 Å². The van der Waals surface area contributed by atoms with Crippen molar-refractivity contribution in [2.45, 2.75) is 26.7 Å². The minimum Gasteiger partial charge on any atom is -0.355 e. The van der Waals surface area contributed by atoms with E-state index < -0.39 is 6.75 Å². The highest BCUT2D eigenvalue weighted by molar-refractivity contribution is 4.22. The Morgan fingerprint density at radius 2 is 1.56 bits per heavy atom. The Hall–Kier alpha value is -0.0800. The van der Waals surface area contributed by atoms with Crippen molar-refractivity contribution < 1.29 is 12.2 Å². The molecule has 0 spiro atoms. The van der Waals surface area contributed by atoms with Crippen molar-refractivity contribution in [2.24, 2.45) is 0 Å². The van der Waals surface area contributed by atoms with Crippen LogP contribution in [0.2, 0.25) is 0 Å². The molecule has 0 aliphatic carbocycles. The van der Waals surface area contributed by atoms with Crippen molar-refractivity contribution in [1.82, 2.24) is 0 Å². The minimum absolute atomic E-state index is 0.400. The Labute approximate surface area is 60.0 Å². The van der Waals surface area contributed by atoms with Gasteiger partial charge in [-0.1, -0.05) is 13.8 Å². The quantitative estimate of drug-likeness (QED) is 0.516. The zero-order chi connectivity index (χ0) is 8.74. The first-order valence-electron chi connectivity index (χ1n) is 4.40. The predicted molar refractivity (Wildman–Crippen MR) is 37.4 cm³/mol. The summed E-state index contributed by atoms with van der Waals surface area (Å²) in [6.07, 6.45) is 1.60. The van der Waals surface area contributed by atoms with E-state index in [-0.39, 0.29) is 0 Å². The van der Waals surface area contributed by atoms with Gasteiger partial charge in [-0.3, -0.25) is 0 Å². The zero-order valence-corrected chi connectivity index (χ0v) is 6.14. The second kappa shape index (κ2) is 7.92. The smallest absolute Gasteiger partial charge is 0.146 e. The van der Waals surface area contributed by atoms with E-state index >= 15 is 0 Å². The summed E-state index contributed by atoms with van der Waals surface area (Å²) in [7, 11) is 0. The minimum atomic E-state index is -1.90. The second-order valence-electron chi connectivity index (χ2n) is 1.78. The Kier molecular flexibility index (Phi) is 5.00. The number of hydrogen-bond donors (Lipinski definition) is 0. The summed E-state index contributed by atoms with van der Waals surface area (Å²) >= 11 is 0. The lowest BCUT2D eigenvalue weighted by Gasteiger charge is -2.01. The second-order valence-corrected chi connectivity index (χ2v) is 1.78. The molecular formula is C7H16O2. The average molecular weight is 134 g/mol. The van der Waals surface area contributed by atoms with E-state index in [1.165, 1.54) is 0 Å². The van der Waals surface area contributed by atoms with Crippen LogP contribution in [0.5, 0.6) is 0 Å². The molecule has 0 aromatic rings. The average Bonchev–Trinajstić information content (AvgIpc) is 1.97. The van der Waals surface area contributed by atoms with Crippen LogP contribution in [0.3, 0.4) is 0 Å². The highest BCUT2D eigenvalue weighted by Crippen LogP contribution is 1.83. The molecule has 0 saturated carbocycles. The van der Waals surface area contributed by atoms with Crippen molar-refractivity contribution in [3.63, 3.8) is 0 Å². The Balaban J connectivity index is 3.43. The summed E-state index contributed by atoms with van der Waals surface area (Å²) in [5.74, 6) is 0. The molecule has 0 aromatic carbocycles. The van der Waals surface area contributed by atoms with Gasteiger partial charge >= 0.3 is 0 Å². The summed E-state index contributed by atoms with van der Waals surface area (Å²) in [5, 5.41) is 0. The van der Waals surface area contributed by atoms with Crippen molar-refractivity contribution in [2.75, 3.05) is 20.0 Å². The molecule has 0 unspecified atom stereocenters. The van der Waals surface area contributed by atoms with Crippen molar-refractivity contribution in [3.8, 4) is 0 Å². The van der Waals surface area contributed by atoms with E-state index in [9.17, 15) is 0 Å². The molecule has 0 radical (unpaired) electrons. The molecule has 0 bridgehead atoms. The van der Waals surface area contributed by atoms with Crippen LogP contribution in [0.25, 0.3) is 0 Å². The first-order chi connectivity index (χ1) is 5.12. The Morgan fingerprint density at radius 1 is 1.11 bits per heavy atom. The number of hydrogen-bond acceptors (Lipinski definition) is 2. The maximum Gasteiger partial charge on any atom is 0.146 e. The first kappa shape index (κ1) is 5.69. The normalized spacial score (nSPS) is 14.9. The van der Waals surface area contributed by atoms with E-state index in [0.717, 1.165) is 12.8 Å². The maximum absolute atomic E-state index is 7.16. The van der Waals surface area contributed by atoms with E-state index in [1.807, 2.05) is 13.8 Å². The van der Waals surface area contributed by atoms with Gasteiger partial charge < -0.3 is 9.47 Å². The fourth-order valence-corrected chi connectivity index (χ4v) is 0.329. The molecule has 56 valence electrons. The molecule has 0 amide bonds. The summed E-state index contributed by atoms with van der Waals surface area (Å²) in [5.41, 5.74) is 0. The molecule has 0 rings (SSSR count). The van der Waals surface area contributed by atoms with E-state index in [2.05, 4.69) is 0 Å². The monoisotopic (exact) mass is 134 g/mol. The van der Waals surface area contributed by atoms with Crippen LogP contribution in [0, 0.1) is 0 Å². The molecule has 2 heteroatoms. The summed E-state index contributed by atoms with van der Waals surface area (Å²) in [6, 6.07) is 0. The Morgan fingerprint density at radius 3 is 1.89 bits per heavy atom. The van der Waals surface area contributed by atoms with Crippen LogP contribution in [0.4, 0.5) is 0 Å². The fraction of sp³-hybridized carbons (Fsp3) is 1.00. The topological polar surface area (TPSA) is 18.5 Å². The molecular weight excluding hydrogens is 116 g/mol. The van der Waals surface area contributed by atoms with Gasteiger partial charge in [0.2, 0.25) is 0 Å². The van der Waals surface area contributed by atoms with Crippen LogP contribution in [-0.2, 0) is 9.47 Å². The Bertz CT molecular complexity index is 86.4. The third-order valence-corrected chi connectivity index (χ3v) is 0.730. The largest absolute Gasteiger partial charge is 0.355 e. The third-order valence-electron chi connectivity index (χ3n) is 0.730. The highest BCUT2D eigenvalue weighted by atomic mass is 16.7. The molecule has 0 saturated heterocycles. The molecule has 0 aliphatic rings. The van der Waals surface area contributed by atoms with Crippen LogP contribution < -0.4 is 0 Å². The van der Waals surface area contributed by atoms with Crippen molar-refractivity contribution in [1.29, 1.82) is 0 Å². The third kappa shape index (κ3) is 7.92. The summed E-state index contributed by atoms with van der Waals surface area (Å²) < 4.78 is 23.9. The first-order valence-corrected chi connectivity index (χ1v) is 3.40. The lowest BCUT2D eigenvalue weighted by Crippen LogP contribution is -2.00. The molecule has 2 nitrogen and oxygen atoms in total. The molecule has 9 heavy (non-hydrogen) atoms. The lowest BCUT2D eigenvalue weighted by atomic mass is 10.5. The van der Waals surface area contributed by atoms with Gasteiger partial charge in [-0.25, -0.2) is 0 Å². The van der Waals surface area contributed by atoms with E-state index in [1.54, 1.807) is 0 Å².